The lowest BCUT2D eigenvalue weighted by Gasteiger charge is -2.20. The molecule has 1 amide bonds. The fraction of sp³-hybridized carbons (Fsp3) is 0.471. The van der Waals surface area contributed by atoms with Gasteiger partial charge in [0.05, 0.1) is 17.1 Å². The van der Waals surface area contributed by atoms with Crippen molar-refractivity contribution in [2.45, 2.75) is 46.1 Å². The number of benzene rings is 1. The normalized spacial score (nSPS) is 10.7. The third-order valence-electron chi connectivity index (χ3n) is 3.49. The third kappa shape index (κ3) is 4.79. The van der Waals surface area contributed by atoms with Crippen molar-refractivity contribution in [1.29, 1.82) is 0 Å². The molecule has 0 spiro atoms. The van der Waals surface area contributed by atoms with Crippen LogP contribution in [-0.4, -0.2) is 27.5 Å². The zero-order valence-electron chi connectivity index (χ0n) is 13.6. The number of hydrogen-bond acceptors (Lipinski definition) is 4. The van der Waals surface area contributed by atoms with Crippen molar-refractivity contribution in [2.24, 2.45) is 0 Å². The molecule has 124 valence electrons. The van der Waals surface area contributed by atoms with Gasteiger partial charge in [0.25, 0.3) is 0 Å². The Kier molecular flexibility index (Phi) is 6.59. The van der Waals surface area contributed by atoms with E-state index < -0.39 is 0 Å². The average Bonchev–Trinajstić information content (AvgIpc) is 3.01. The number of nitrogens with zero attached hydrogens (tertiary/aromatic N) is 3. The summed E-state index contributed by atoms with van der Waals surface area (Å²) in [5.41, 5.74) is 0.701. The first-order chi connectivity index (χ1) is 11.2. The van der Waals surface area contributed by atoms with Gasteiger partial charge in [-0.05, 0) is 25.0 Å². The summed E-state index contributed by atoms with van der Waals surface area (Å²) in [6.07, 6.45) is 3.35. The molecule has 1 aromatic heterocycles. The van der Waals surface area contributed by atoms with E-state index in [-0.39, 0.29) is 5.91 Å². The monoisotopic (exact) mass is 335 g/mol. The zero-order chi connectivity index (χ0) is 16.7. The van der Waals surface area contributed by atoms with E-state index in [0.717, 1.165) is 19.3 Å². The lowest BCUT2D eigenvalue weighted by Crippen LogP contribution is -2.31. The highest BCUT2D eigenvalue weighted by molar-refractivity contribution is 6.33. The van der Waals surface area contributed by atoms with Gasteiger partial charge in [0.1, 0.15) is 0 Å². The molecule has 0 bridgehead atoms. The van der Waals surface area contributed by atoms with Crippen LogP contribution in [-0.2, 0) is 11.3 Å². The van der Waals surface area contributed by atoms with Crippen molar-refractivity contribution in [3.63, 3.8) is 0 Å². The number of amides is 1. The minimum atomic E-state index is 0.131. The Morgan fingerprint density at radius 1 is 1.22 bits per heavy atom. The van der Waals surface area contributed by atoms with Crippen molar-refractivity contribution < 1.29 is 9.21 Å². The summed E-state index contributed by atoms with van der Waals surface area (Å²) in [7, 11) is 0. The Morgan fingerprint density at radius 3 is 2.70 bits per heavy atom. The molecule has 0 fully saturated rings. The van der Waals surface area contributed by atoms with Crippen molar-refractivity contribution >= 4 is 17.5 Å². The smallest absolute Gasteiger partial charge is 0.249 e. The van der Waals surface area contributed by atoms with Crippen molar-refractivity contribution in [3.8, 4) is 11.5 Å². The molecule has 0 aliphatic heterocycles. The van der Waals surface area contributed by atoms with Gasteiger partial charge in [-0.15, -0.1) is 10.2 Å². The maximum atomic E-state index is 12.2. The van der Waals surface area contributed by atoms with E-state index in [0.29, 0.717) is 41.9 Å². The molecule has 5 nitrogen and oxygen atoms in total. The summed E-state index contributed by atoms with van der Waals surface area (Å²) in [6, 6.07) is 7.31. The van der Waals surface area contributed by atoms with Crippen LogP contribution in [0.25, 0.3) is 11.5 Å². The molecule has 0 saturated heterocycles. The lowest BCUT2D eigenvalue weighted by molar-refractivity contribution is -0.132. The van der Waals surface area contributed by atoms with Crippen molar-refractivity contribution in [3.05, 3.63) is 35.2 Å². The Bertz CT molecular complexity index is 642. The largest absolute Gasteiger partial charge is 0.419 e. The van der Waals surface area contributed by atoms with Crippen LogP contribution in [0.15, 0.2) is 28.7 Å². The maximum absolute atomic E-state index is 12.2. The highest BCUT2D eigenvalue weighted by Gasteiger charge is 2.17. The van der Waals surface area contributed by atoms with Gasteiger partial charge in [0.15, 0.2) is 0 Å². The van der Waals surface area contributed by atoms with Gasteiger partial charge in [-0.1, -0.05) is 44.0 Å². The molecule has 0 N–H and O–H groups in total. The molecule has 2 aromatic rings. The van der Waals surface area contributed by atoms with E-state index in [4.69, 9.17) is 16.0 Å². The average molecular weight is 336 g/mol. The highest BCUT2D eigenvalue weighted by Crippen LogP contribution is 2.26. The predicted molar refractivity (Wildman–Crippen MR) is 90.0 cm³/mol. The van der Waals surface area contributed by atoms with E-state index >= 15 is 0 Å². The zero-order valence-corrected chi connectivity index (χ0v) is 14.3. The molecule has 0 unspecified atom stereocenters. The molecule has 2 rings (SSSR count). The number of aromatic nitrogens is 2. The van der Waals surface area contributed by atoms with Crippen LogP contribution in [0.3, 0.4) is 0 Å². The molecule has 0 aliphatic rings. The molecule has 1 heterocycles. The van der Waals surface area contributed by atoms with E-state index in [2.05, 4.69) is 17.1 Å². The van der Waals surface area contributed by atoms with Crippen molar-refractivity contribution in [2.75, 3.05) is 6.54 Å². The fourth-order valence-electron chi connectivity index (χ4n) is 2.27. The minimum Gasteiger partial charge on any atom is -0.419 e. The van der Waals surface area contributed by atoms with E-state index in [1.807, 2.05) is 25.1 Å². The Labute approximate surface area is 141 Å². The summed E-state index contributed by atoms with van der Waals surface area (Å²) in [6.45, 7) is 5.15. The minimum absolute atomic E-state index is 0.131. The highest BCUT2D eigenvalue weighted by atomic mass is 35.5. The molecule has 23 heavy (non-hydrogen) atoms. The Morgan fingerprint density at radius 2 is 2.00 bits per heavy atom. The Hall–Kier alpha value is -1.88. The second-order valence-corrected chi connectivity index (χ2v) is 5.81. The second kappa shape index (κ2) is 8.67. The van der Waals surface area contributed by atoms with Crippen LogP contribution < -0.4 is 0 Å². The van der Waals surface area contributed by atoms with Gasteiger partial charge in [-0.25, -0.2) is 0 Å². The standard InChI is InChI=1S/C17H22ClN3O2/c1-3-5-10-16(22)21(11-4-2)12-15-19-20-17(23-15)13-8-6-7-9-14(13)18/h6-9H,3-5,10-12H2,1-2H3. The van der Waals surface area contributed by atoms with Crippen LogP contribution in [0.2, 0.25) is 5.02 Å². The molecule has 0 saturated carbocycles. The quantitative estimate of drug-likeness (QED) is 0.720. The predicted octanol–water partition coefficient (Wildman–Crippen LogP) is 4.32. The maximum Gasteiger partial charge on any atom is 0.249 e. The SMILES string of the molecule is CCCCC(=O)N(CCC)Cc1nnc(-c2ccccc2Cl)o1. The number of unbranched alkanes of at least 4 members (excludes halogenated alkanes) is 1. The first kappa shape index (κ1) is 17.5. The van der Waals surface area contributed by atoms with Crippen LogP contribution in [0, 0.1) is 0 Å². The van der Waals surface area contributed by atoms with Crippen LogP contribution >= 0.6 is 11.6 Å². The summed E-state index contributed by atoms with van der Waals surface area (Å²) in [4.78, 5) is 14.0. The summed E-state index contributed by atoms with van der Waals surface area (Å²) in [5.74, 6) is 0.937. The molecule has 0 atom stereocenters. The van der Waals surface area contributed by atoms with E-state index in [1.165, 1.54) is 0 Å². The lowest BCUT2D eigenvalue weighted by atomic mass is 10.2. The summed E-state index contributed by atoms with van der Waals surface area (Å²) >= 11 is 6.14. The molecular weight excluding hydrogens is 314 g/mol. The van der Waals surface area contributed by atoms with Gasteiger partial charge in [-0.2, -0.15) is 0 Å². The number of carbonyl (C=O) groups excluding carboxylic acids is 1. The molecular formula is C17H22ClN3O2. The topological polar surface area (TPSA) is 59.2 Å². The number of hydrogen-bond donors (Lipinski definition) is 0. The van der Waals surface area contributed by atoms with E-state index in [9.17, 15) is 4.79 Å². The molecule has 0 radical (unpaired) electrons. The van der Waals surface area contributed by atoms with Crippen molar-refractivity contribution in [1.82, 2.24) is 15.1 Å². The Balaban J connectivity index is 2.09. The summed E-state index contributed by atoms with van der Waals surface area (Å²) < 4.78 is 5.68. The van der Waals surface area contributed by atoms with Gasteiger partial charge in [0.2, 0.25) is 17.7 Å². The van der Waals surface area contributed by atoms with Gasteiger partial charge in [0, 0.05) is 13.0 Å². The first-order valence-corrected chi connectivity index (χ1v) is 8.38. The summed E-state index contributed by atoms with van der Waals surface area (Å²) in [5, 5.41) is 8.65. The number of halogens is 1. The van der Waals surface area contributed by atoms with Crippen LogP contribution in [0.1, 0.15) is 45.4 Å². The van der Waals surface area contributed by atoms with E-state index in [1.54, 1.807) is 11.0 Å². The first-order valence-electron chi connectivity index (χ1n) is 8.00. The fourth-order valence-corrected chi connectivity index (χ4v) is 2.49. The third-order valence-corrected chi connectivity index (χ3v) is 3.82. The van der Waals surface area contributed by atoms with Gasteiger partial charge >= 0.3 is 0 Å². The van der Waals surface area contributed by atoms with Crippen LogP contribution in [0.4, 0.5) is 0 Å². The van der Waals surface area contributed by atoms with Crippen LogP contribution in [0.5, 0.6) is 0 Å². The molecule has 6 heteroatoms. The molecule has 0 aliphatic carbocycles. The second-order valence-electron chi connectivity index (χ2n) is 5.40. The van der Waals surface area contributed by atoms with Gasteiger partial charge < -0.3 is 9.32 Å². The van der Waals surface area contributed by atoms with Gasteiger partial charge in [-0.3, -0.25) is 4.79 Å². The number of rotatable bonds is 8. The number of carbonyl (C=O) groups is 1. The molecule has 1 aromatic carbocycles.